The third-order valence-electron chi connectivity index (χ3n) is 6.71. The topological polar surface area (TPSA) is 49.3 Å². The maximum Gasteiger partial charge on any atom is 0.193 e. The van der Waals surface area contributed by atoms with E-state index in [1.165, 1.54) is 71.0 Å². The average molecular weight is 423 g/mol. The molecule has 1 N–H and O–H groups in total. The smallest absolute Gasteiger partial charge is 0.193 e. The molecular formula is C24H46N4O2. The Balaban J connectivity index is 1.29. The van der Waals surface area contributed by atoms with E-state index in [0.29, 0.717) is 12.2 Å². The van der Waals surface area contributed by atoms with Crippen LogP contribution in [0.4, 0.5) is 0 Å². The predicted molar refractivity (Wildman–Crippen MR) is 124 cm³/mol. The number of nitrogens with one attached hydrogen (secondary N) is 1. The molecule has 3 fully saturated rings. The summed E-state index contributed by atoms with van der Waals surface area (Å²) in [5, 5.41) is 3.50. The molecule has 0 amide bonds. The quantitative estimate of drug-likeness (QED) is 0.331. The van der Waals surface area contributed by atoms with E-state index in [1.54, 1.807) is 0 Å². The summed E-state index contributed by atoms with van der Waals surface area (Å²) in [6.07, 6.45) is 14.6. The molecule has 1 atom stereocenters. The molecule has 0 saturated carbocycles. The Hall–Kier alpha value is -0.850. The van der Waals surface area contributed by atoms with Gasteiger partial charge in [-0.15, -0.1) is 0 Å². The number of hydrogen-bond acceptors (Lipinski definition) is 4. The molecule has 6 heteroatoms. The lowest BCUT2D eigenvalue weighted by Crippen LogP contribution is -2.47. The molecule has 0 radical (unpaired) electrons. The minimum absolute atomic E-state index is 0.325. The Bertz CT molecular complexity index is 468. The van der Waals surface area contributed by atoms with E-state index in [9.17, 15) is 0 Å². The first kappa shape index (κ1) is 23.8. The number of likely N-dealkylation sites (tertiary alicyclic amines) is 2. The summed E-state index contributed by atoms with van der Waals surface area (Å²) in [6.45, 7) is 11.7. The van der Waals surface area contributed by atoms with Crippen molar-refractivity contribution >= 4 is 5.96 Å². The molecule has 0 aromatic heterocycles. The first-order chi connectivity index (χ1) is 14.8. The summed E-state index contributed by atoms with van der Waals surface area (Å²) < 4.78 is 12.0. The van der Waals surface area contributed by atoms with Gasteiger partial charge in [0, 0.05) is 32.8 Å². The lowest BCUT2D eigenvalue weighted by molar-refractivity contribution is -0.0721. The van der Waals surface area contributed by atoms with Crippen LogP contribution < -0.4 is 5.32 Å². The molecule has 0 aliphatic carbocycles. The molecule has 0 bridgehead atoms. The molecule has 3 heterocycles. The Morgan fingerprint density at radius 2 is 1.80 bits per heavy atom. The number of guanidine groups is 1. The fourth-order valence-electron chi connectivity index (χ4n) is 4.83. The molecule has 0 aromatic carbocycles. The van der Waals surface area contributed by atoms with Gasteiger partial charge in [-0.3, -0.25) is 4.99 Å². The van der Waals surface area contributed by atoms with Crippen molar-refractivity contribution in [3.63, 3.8) is 0 Å². The van der Waals surface area contributed by atoms with Gasteiger partial charge in [0.2, 0.25) is 0 Å². The highest BCUT2D eigenvalue weighted by molar-refractivity contribution is 5.80. The lowest BCUT2D eigenvalue weighted by Gasteiger charge is -2.35. The minimum atomic E-state index is 0.325. The minimum Gasteiger partial charge on any atom is -0.376 e. The van der Waals surface area contributed by atoms with Gasteiger partial charge in [-0.05, 0) is 84.3 Å². The number of unbranched alkanes of at least 4 members (excludes halogenated alkanes) is 2. The zero-order valence-corrected chi connectivity index (χ0v) is 19.5. The fraction of sp³-hybridized carbons (Fsp3) is 0.958. The molecule has 0 aromatic rings. The molecular weight excluding hydrogens is 376 g/mol. The Kier molecular flexibility index (Phi) is 11.3. The molecule has 1 unspecified atom stereocenters. The molecule has 0 spiro atoms. The van der Waals surface area contributed by atoms with Crippen molar-refractivity contribution < 1.29 is 9.47 Å². The van der Waals surface area contributed by atoms with Crippen molar-refractivity contribution in [2.24, 2.45) is 4.99 Å². The number of hydrogen-bond donors (Lipinski definition) is 1. The van der Waals surface area contributed by atoms with E-state index >= 15 is 0 Å². The van der Waals surface area contributed by atoms with Crippen LogP contribution in [-0.2, 0) is 9.47 Å². The molecule has 3 saturated heterocycles. The van der Waals surface area contributed by atoms with E-state index in [2.05, 4.69) is 22.0 Å². The Morgan fingerprint density at radius 3 is 2.53 bits per heavy atom. The van der Waals surface area contributed by atoms with Crippen LogP contribution in [0, 0.1) is 0 Å². The highest BCUT2D eigenvalue weighted by Gasteiger charge is 2.23. The van der Waals surface area contributed by atoms with E-state index in [4.69, 9.17) is 14.5 Å². The van der Waals surface area contributed by atoms with Crippen molar-refractivity contribution in [1.29, 1.82) is 0 Å². The fourth-order valence-corrected chi connectivity index (χ4v) is 4.83. The second kappa shape index (κ2) is 14.3. The first-order valence-electron chi connectivity index (χ1n) is 12.8. The van der Waals surface area contributed by atoms with Crippen LogP contribution in [-0.4, -0.2) is 87.0 Å². The molecule has 3 aliphatic heterocycles. The van der Waals surface area contributed by atoms with E-state index in [-0.39, 0.29) is 0 Å². The van der Waals surface area contributed by atoms with E-state index < -0.39 is 0 Å². The van der Waals surface area contributed by atoms with Crippen LogP contribution >= 0.6 is 0 Å². The average Bonchev–Trinajstić information content (AvgIpc) is 2.81. The predicted octanol–water partition coefficient (Wildman–Crippen LogP) is 3.66. The number of aliphatic imine (C=N–C) groups is 1. The summed E-state index contributed by atoms with van der Waals surface area (Å²) in [7, 11) is 0. The molecule has 6 nitrogen and oxygen atoms in total. The standard InChI is InChI=1S/C24H46N4O2/c1-2-25-24(26-14-6-3-7-15-27-16-8-4-9-17-27)28-18-12-22(13-19-28)30-21-23-11-5-10-20-29-23/h22-23H,2-21H2,1H3,(H,25,26). The van der Waals surface area contributed by atoms with Gasteiger partial charge in [0.15, 0.2) is 5.96 Å². The molecule has 3 aliphatic rings. The number of nitrogens with zero attached hydrogens (tertiary/aromatic N) is 3. The van der Waals surface area contributed by atoms with Crippen molar-refractivity contribution in [2.45, 2.75) is 89.8 Å². The Labute approximate surface area is 184 Å². The van der Waals surface area contributed by atoms with Crippen LogP contribution in [0.5, 0.6) is 0 Å². The van der Waals surface area contributed by atoms with Crippen molar-refractivity contribution in [3.8, 4) is 0 Å². The molecule has 3 rings (SSSR count). The second-order valence-electron chi connectivity index (χ2n) is 9.21. The molecule has 30 heavy (non-hydrogen) atoms. The van der Waals surface area contributed by atoms with Gasteiger partial charge >= 0.3 is 0 Å². The SMILES string of the molecule is CCNC(=NCCCCCN1CCCCC1)N1CCC(OCC2CCCCO2)CC1. The van der Waals surface area contributed by atoms with Crippen molar-refractivity contribution in [2.75, 3.05) is 59.0 Å². The van der Waals surface area contributed by atoms with Crippen LogP contribution in [0.15, 0.2) is 4.99 Å². The van der Waals surface area contributed by atoms with Crippen LogP contribution in [0.2, 0.25) is 0 Å². The zero-order valence-electron chi connectivity index (χ0n) is 19.5. The number of ether oxygens (including phenoxy) is 2. The van der Waals surface area contributed by atoms with Gasteiger partial charge in [0.1, 0.15) is 0 Å². The lowest BCUT2D eigenvalue weighted by atomic mass is 10.1. The maximum atomic E-state index is 6.17. The van der Waals surface area contributed by atoms with Crippen LogP contribution in [0.1, 0.15) is 77.6 Å². The second-order valence-corrected chi connectivity index (χ2v) is 9.21. The van der Waals surface area contributed by atoms with Crippen molar-refractivity contribution in [3.05, 3.63) is 0 Å². The summed E-state index contributed by atoms with van der Waals surface area (Å²) in [5.41, 5.74) is 0. The third kappa shape index (κ3) is 8.72. The normalized spacial score (nSPS) is 24.9. The molecule has 174 valence electrons. The summed E-state index contributed by atoms with van der Waals surface area (Å²) >= 11 is 0. The third-order valence-corrected chi connectivity index (χ3v) is 6.71. The largest absolute Gasteiger partial charge is 0.376 e. The summed E-state index contributed by atoms with van der Waals surface area (Å²) in [5.74, 6) is 1.10. The highest BCUT2D eigenvalue weighted by atomic mass is 16.5. The number of piperidine rings is 2. The van der Waals surface area contributed by atoms with E-state index in [0.717, 1.165) is 64.6 Å². The van der Waals surface area contributed by atoms with Gasteiger partial charge in [-0.2, -0.15) is 0 Å². The van der Waals surface area contributed by atoms with Gasteiger partial charge < -0.3 is 24.6 Å². The Morgan fingerprint density at radius 1 is 0.967 bits per heavy atom. The zero-order chi connectivity index (χ0) is 20.9. The van der Waals surface area contributed by atoms with Gasteiger partial charge in [-0.25, -0.2) is 0 Å². The highest BCUT2D eigenvalue weighted by Crippen LogP contribution is 2.18. The van der Waals surface area contributed by atoms with Crippen molar-refractivity contribution in [1.82, 2.24) is 15.1 Å². The van der Waals surface area contributed by atoms with E-state index in [1.807, 2.05) is 0 Å². The summed E-state index contributed by atoms with van der Waals surface area (Å²) in [4.78, 5) is 9.99. The van der Waals surface area contributed by atoms with Gasteiger partial charge in [-0.1, -0.05) is 12.8 Å². The summed E-state index contributed by atoms with van der Waals surface area (Å²) in [6, 6.07) is 0. The van der Waals surface area contributed by atoms with Crippen LogP contribution in [0.25, 0.3) is 0 Å². The maximum absolute atomic E-state index is 6.17. The first-order valence-corrected chi connectivity index (χ1v) is 12.8. The van der Waals surface area contributed by atoms with Gasteiger partial charge in [0.05, 0.1) is 18.8 Å². The van der Waals surface area contributed by atoms with Gasteiger partial charge in [0.25, 0.3) is 0 Å². The van der Waals surface area contributed by atoms with Crippen LogP contribution in [0.3, 0.4) is 0 Å². The number of rotatable bonds is 10. The monoisotopic (exact) mass is 422 g/mol.